The Bertz CT molecular complexity index is 954. The number of benzene rings is 2. The molecule has 1 amide bonds. The summed E-state index contributed by atoms with van der Waals surface area (Å²) in [7, 11) is 0. The highest BCUT2D eigenvalue weighted by Crippen LogP contribution is 2.38. The number of nitrogens with one attached hydrogen (secondary N) is 1. The van der Waals surface area contributed by atoms with Gasteiger partial charge in [-0.2, -0.15) is 0 Å². The second-order valence-corrected chi connectivity index (χ2v) is 6.53. The maximum absolute atomic E-state index is 12.5. The summed E-state index contributed by atoms with van der Waals surface area (Å²) in [4.78, 5) is 23.9. The average molecular weight is 386 g/mol. The molecule has 2 aromatic carbocycles. The topological polar surface area (TPSA) is 73.9 Å². The number of hydrogen-bond donors (Lipinski definition) is 1. The maximum Gasteiger partial charge on any atom is 0.262 e. The normalized spacial score (nSPS) is 15.5. The van der Waals surface area contributed by atoms with Gasteiger partial charge in [-0.1, -0.05) is 17.7 Å². The number of ether oxygens (including phenoxy) is 3. The monoisotopic (exact) mass is 385 g/mol. The Morgan fingerprint density at radius 1 is 1.07 bits per heavy atom. The van der Waals surface area contributed by atoms with Crippen LogP contribution in [0.2, 0.25) is 5.02 Å². The molecule has 1 N–H and O–H groups in total. The third-order valence-corrected chi connectivity index (χ3v) is 4.43. The van der Waals surface area contributed by atoms with E-state index >= 15 is 0 Å². The Balaban J connectivity index is 1.55. The van der Waals surface area contributed by atoms with E-state index in [0.29, 0.717) is 46.7 Å². The van der Waals surface area contributed by atoms with Gasteiger partial charge in [-0.25, -0.2) is 0 Å². The van der Waals surface area contributed by atoms with Crippen LogP contribution in [0.4, 0.5) is 5.69 Å². The summed E-state index contributed by atoms with van der Waals surface area (Å²) < 4.78 is 16.5. The van der Waals surface area contributed by atoms with Crippen LogP contribution in [0, 0.1) is 0 Å². The molecular weight excluding hydrogens is 370 g/mol. The smallest absolute Gasteiger partial charge is 0.262 e. The van der Waals surface area contributed by atoms with Crippen LogP contribution in [0.15, 0.2) is 36.4 Å². The summed E-state index contributed by atoms with van der Waals surface area (Å²) in [6.45, 7) is 1.09. The van der Waals surface area contributed by atoms with Crippen molar-refractivity contribution in [3.8, 4) is 17.2 Å². The zero-order valence-electron chi connectivity index (χ0n) is 14.3. The molecule has 7 heteroatoms. The summed E-state index contributed by atoms with van der Waals surface area (Å²) in [5.41, 5.74) is 1.66. The number of halogens is 1. The summed E-state index contributed by atoms with van der Waals surface area (Å²) in [6.07, 6.45) is 3.90. The fourth-order valence-electron chi connectivity index (χ4n) is 2.85. The molecule has 27 heavy (non-hydrogen) atoms. The highest BCUT2D eigenvalue weighted by molar-refractivity contribution is 6.32. The first-order chi connectivity index (χ1) is 13.1. The number of ketones is 1. The largest absolute Gasteiger partial charge is 0.489 e. The third-order valence-electron chi connectivity index (χ3n) is 4.15. The molecule has 0 spiro atoms. The van der Waals surface area contributed by atoms with E-state index in [0.717, 1.165) is 12.0 Å². The lowest BCUT2D eigenvalue weighted by atomic mass is 10.1. The fraction of sp³-hybridized carbons (Fsp3) is 0.200. The number of hydrogen-bond acceptors (Lipinski definition) is 5. The first-order valence-corrected chi connectivity index (χ1v) is 8.86. The van der Waals surface area contributed by atoms with Crippen LogP contribution in [0.25, 0.3) is 6.08 Å². The summed E-state index contributed by atoms with van der Waals surface area (Å²) in [5.74, 6) is 1.19. The minimum Gasteiger partial charge on any atom is -0.489 e. The second kappa shape index (κ2) is 7.32. The molecule has 138 valence electrons. The van der Waals surface area contributed by atoms with Crippen molar-refractivity contribution in [1.29, 1.82) is 0 Å². The number of carbonyl (C=O) groups excluding carboxylic acids is 2. The maximum atomic E-state index is 12.5. The molecule has 0 aromatic heterocycles. The molecule has 2 heterocycles. The summed E-state index contributed by atoms with van der Waals surface area (Å²) in [6, 6.07) is 8.43. The van der Waals surface area contributed by atoms with E-state index in [1.165, 1.54) is 6.08 Å². The Morgan fingerprint density at radius 2 is 1.93 bits per heavy atom. The molecule has 0 bridgehead atoms. The minimum absolute atomic E-state index is 0.0227. The van der Waals surface area contributed by atoms with Gasteiger partial charge in [-0.15, -0.1) is 0 Å². The van der Waals surface area contributed by atoms with E-state index in [4.69, 9.17) is 25.8 Å². The number of amides is 1. The van der Waals surface area contributed by atoms with E-state index < -0.39 is 0 Å². The van der Waals surface area contributed by atoms with Gasteiger partial charge in [-0.05, 0) is 42.0 Å². The number of carbonyl (C=O) groups is 2. The molecule has 0 saturated heterocycles. The molecular formula is C20H16ClNO5. The van der Waals surface area contributed by atoms with Crippen molar-refractivity contribution in [2.45, 2.75) is 6.42 Å². The lowest BCUT2D eigenvalue weighted by molar-refractivity contribution is -0.118. The van der Waals surface area contributed by atoms with Gasteiger partial charge in [0.1, 0.15) is 5.75 Å². The molecule has 0 fully saturated rings. The summed E-state index contributed by atoms with van der Waals surface area (Å²) in [5, 5.41) is 3.13. The zero-order valence-corrected chi connectivity index (χ0v) is 15.0. The van der Waals surface area contributed by atoms with Crippen LogP contribution in [-0.4, -0.2) is 31.5 Å². The van der Waals surface area contributed by atoms with Crippen LogP contribution >= 0.6 is 11.6 Å². The molecule has 0 aliphatic carbocycles. The Labute approximate surface area is 160 Å². The predicted octanol–water partition coefficient (Wildman–Crippen LogP) is 3.73. The number of fused-ring (bicyclic) bond motifs is 2. The first kappa shape index (κ1) is 17.4. The van der Waals surface area contributed by atoms with Crippen molar-refractivity contribution in [3.63, 3.8) is 0 Å². The van der Waals surface area contributed by atoms with E-state index in [1.54, 1.807) is 36.4 Å². The predicted molar refractivity (Wildman–Crippen MR) is 101 cm³/mol. The Morgan fingerprint density at radius 3 is 2.81 bits per heavy atom. The third kappa shape index (κ3) is 3.75. The van der Waals surface area contributed by atoms with Crippen LogP contribution < -0.4 is 19.5 Å². The number of anilines is 1. The van der Waals surface area contributed by atoms with E-state index in [9.17, 15) is 9.59 Å². The molecule has 2 aliphatic rings. The minimum atomic E-state index is -0.246. The van der Waals surface area contributed by atoms with Gasteiger partial charge < -0.3 is 19.5 Å². The molecule has 0 radical (unpaired) electrons. The van der Waals surface area contributed by atoms with Crippen molar-refractivity contribution in [2.24, 2.45) is 0 Å². The standard InChI is InChI=1S/C20H16ClNO5/c21-14-8-12(9-18-20(14)26-7-1-6-25-18)2-4-16(23)13-3-5-17-15(10-13)22-19(24)11-27-17/h2-5,8-10H,1,6-7,11H2,(H,22,24)/b4-2+. The number of rotatable bonds is 3. The van der Waals surface area contributed by atoms with Crippen molar-refractivity contribution in [2.75, 3.05) is 25.1 Å². The quantitative estimate of drug-likeness (QED) is 0.643. The fourth-order valence-corrected chi connectivity index (χ4v) is 3.13. The van der Waals surface area contributed by atoms with Crippen molar-refractivity contribution >= 4 is 35.1 Å². The van der Waals surface area contributed by atoms with E-state index in [2.05, 4.69) is 5.32 Å². The van der Waals surface area contributed by atoms with Crippen LogP contribution in [0.3, 0.4) is 0 Å². The van der Waals surface area contributed by atoms with E-state index in [1.807, 2.05) is 0 Å². The van der Waals surface area contributed by atoms with E-state index in [-0.39, 0.29) is 18.3 Å². The van der Waals surface area contributed by atoms with Gasteiger partial charge >= 0.3 is 0 Å². The Kier molecular flexibility index (Phi) is 4.73. The van der Waals surface area contributed by atoms with Crippen LogP contribution in [0.1, 0.15) is 22.3 Å². The lowest BCUT2D eigenvalue weighted by Gasteiger charge is -2.17. The van der Waals surface area contributed by atoms with Gasteiger partial charge in [-0.3, -0.25) is 9.59 Å². The van der Waals surface area contributed by atoms with Crippen LogP contribution in [-0.2, 0) is 4.79 Å². The average Bonchev–Trinajstić information content (AvgIpc) is 2.91. The summed E-state index contributed by atoms with van der Waals surface area (Å²) >= 11 is 6.27. The van der Waals surface area contributed by atoms with Gasteiger partial charge in [0.15, 0.2) is 23.9 Å². The number of allylic oxidation sites excluding steroid dienone is 1. The van der Waals surface area contributed by atoms with Crippen molar-refractivity contribution in [3.05, 3.63) is 52.6 Å². The van der Waals surface area contributed by atoms with Gasteiger partial charge in [0.05, 0.1) is 23.9 Å². The molecule has 0 saturated carbocycles. The van der Waals surface area contributed by atoms with Gasteiger partial charge in [0.2, 0.25) is 0 Å². The molecule has 2 aromatic rings. The van der Waals surface area contributed by atoms with Gasteiger partial charge in [0, 0.05) is 12.0 Å². The molecule has 0 atom stereocenters. The highest BCUT2D eigenvalue weighted by Gasteiger charge is 2.18. The molecule has 0 unspecified atom stereocenters. The van der Waals surface area contributed by atoms with Crippen molar-refractivity contribution < 1.29 is 23.8 Å². The lowest BCUT2D eigenvalue weighted by Crippen LogP contribution is -2.25. The second-order valence-electron chi connectivity index (χ2n) is 6.13. The zero-order chi connectivity index (χ0) is 18.8. The molecule has 2 aliphatic heterocycles. The molecule has 6 nitrogen and oxygen atoms in total. The van der Waals surface area contributed by atoms with Crippen LogP contribution in [0.5, 0.6) is 17.2 Å². The first-order valence-electron chi connectivity index (χ1n) is 8.48. The SMILES string of the molecule is O=C1COc2ccc(C(=O)/C=C/c3cc(Cl)c4c(c3)OCCCO4)cc2N1. The molecule has 4 rings (SSSR count). The van der Waals surface area contributed by atoms with Crippen molar-refractivity contribution in [1.82, 2.24) is 0 Å². The Hall–Kier alpha value is -2.99. The van der Waals surface area contributed by atoms with Gasteiger partial charge in [0.25, 0.3) is 5.91 Å². The highest BCUT2D eigenvalue weighted by atomic mass is 35.5.